The molecule has 1 rings (SSSR count). The average molecular weight is 208 g/mol. The summed E-state index contributed by atoms with van der Waals surface area (Å²) in [4.78, 5) is 0. The Labute approximate surface area is 91.5 Å². The molecule has 0 heterocycles. The molecule has 0 aliphatic carbocycles. The molecular weight excluding hydrogens is 188 g/mol. The molecule has 1 aromatic rings. The molecule has 0 radical (unpaired) electrons. The third-order valence-corrected chi connectivity index (χ3v) is 2.12. The average Bonchev–Trinajstić information content (AvgIpc) is 2.25. The SMILES string of the molecule is CC(C)NN[C@H](CO)Cc1ccccc1. The van der Waals surface area contributed by atoms with E-state index in [2.05, 4.69) is 36.8 Å². The van der Waals surface area contributed by atoms with Crippen LogP contribution in [-0.2, 0) is 6.42 Å². The lowest BCUT2D eigenvalue weighted by Crippen LogP contribution is -2.47. The van der Waals surface area contributed by atoms with Gasteiger partial charge < -0.3 is 5.11 Å². The molecular formula is C12H20N2O. The minimum Gasteiger partial charge on any atom is -0.395 e. The van der Waals surface area contributed by atoms with E-state index in [9.17, 15) is 5.11 Å². The zero-order valence-corrected chi connectivity index (χ0v) is 9.40. The topological polar surface area (TPSA) is 44.3 Å². The van der Waals surface area contributed by atoms with Crippen LogP contribution < -0.4 is 10.9 Å². The number of aliphatic hydroxyl groups is 1. The van der Waals surface area contributed by atoms with Gasteiger partial charge in [-0.05, 0) is 25.8 Å². The summed E-state index contributed by atoms with van der Waals surface area (Å²) in [6.45, 7) is 4.25. The zero-order valence-electron chi connectivity index (χ0n) is 9.40. The highest BCUT2D eigenvalue weighted by Gasteiger charge is 2.07. The molecule has 3 heteroatoms. The Bertz CT molecular complexity index is 262. The monoisotopic (exact) mass is 208 g/mol. The molecule has 0 saturated heterocycles. The first kappa shape index (κ1) is 12.2. The van der Waals surface area contributed by atoms with Gasteiger partial charge in [0.1, 0.15) is 0 Å². The lowest BCUT2D eigenvalue weighted by molar-refractivity contribution is 0.223. The quantitative estimate of drug-likeness (QED) is 0.613. The minimum absolute atomic E-state index is 0.0646. The van der Waals surface area contributed by atoms with Crippen LogP contribution in [0.4, 0.5) is 0 Å². The summed E-state index contributed by atoms with van der Waals surface area (Å²) < 4.78 is 0. The molecule has 3 nitrogen and oxygen atoms in total. The van der Waals surface area contributed by atoms with Crippen LogP contribution in [0.2, 0.25) is 0 Å². The molecule has 0 saturated carbocycles. The number of hydrogen-bond acceptors (Lipinski definition) is 3. The van der Waals surface area contributed by atoms with Crippen LogP contribution in [0, 0.1) is 0 Å². The standard InChI is InChI=1S/C12H20N2O/c1-10(2)13-14-12(9-15)8-11-6-4-3-5-7-11/h3-7,10,12-15H,8-9H2,1-2H3/t12-/m0/s1. The molecule has 15 heavy (non-hydrogen) atoms. The van der Waals surface area contributed by atoms with Crippen molar-refractivity contribution in [3.63, 3.8) is 0 Å². The molecule has 3 N–H and O–H groups in total. The van der Waals surface area contributed by atoms with Gasteiger partial charge in [0.15, 0.2) is 0 Å². The van der Waals surface area contributed by atoms with E-state index in [-0.39, 0.29) is 12.6 Å². The van der Waals surface area contributed by atoms with E-state index in [0.717, 1.165) is 6.42 Å². The number of hydrazine groups is 1. The van der Waals surface area contributed by atoms with E-state index in [1.807, 2.05) is 18.2 Å². The predicted molar refractivity (Wildman–Crippen MR) is 62.4 cm³/mol. The summed E-state index contributed by atoms with van der Waals surface area (Å²) in [7, 11) is 0. The molecule has 84 valence electrons. The molecule has 0 aliphatic rings. The van der Waals surface area contributed by atoms with Gasteiger partial charge in [-0.2, -0.15) is 0 Å². The molecule has 0 unspecified atom stereocenters. The van der Waals surface area contributed by atoms with Crippen molar-refractivity contribution in [2.75, 3.05) is 6.61 Å². The van der Waals surface area contributed by atoms with E-state index < -0.39 is 0 Å². The molecule has 0 aliphatic heterocycles. The Morgan fingerprint density at radius 3 is 2.33 bits per heavy atom. The van der Waals surface area contributed by atoms with Gasteiger partial charge in [0.25, 0.3) is 0 Å². The molecule has 0 amide bonds. The van der Waals surface area contributed by atoms with Crippen molar-refractivity contribution < 1.29 is 5.11 Å². The molecule has 0 fully saturated rings. The number of hydrogen-bond donors (Lipinski definition) is 3. The van der Waals surface area contributed by atoms with Crippen LogP contribution in [0.25, 0.3) is 0 Å². The van der Waals surface area contributed by atoms with Gasteiger partial charge >= 0.3 is 0 Å². The number of nitrogens with one attached hydrogen (secondary N) is 2. The third kappa shape index (κ3) is 4.93. The highest BCUT2D eigenvalue weighted by molar-refractivity contribution is 5.15. The summed E-state index contributed by atoms with van der Waals surface area (Å²) >= 11 is 0. The molecule has 0 spiro atoms. The zero-order chi connectivity index (χ0) is 11.1. The lowest BCUT2D eigenvalue weighted by atomic mass is 10.1. The van der Waals surface area contributed by atoms with Gasteiger partial charge in [0.2, 0.25) is 0 Å². The number of aliphatic hydroxyl groups excluding tert-OH is 1. The minimum atomic E-state index is 0.0646. The first-order valence-corrected chi connectivity index (χ1v) is 5.38. The maximum absolute atomic E-state index is 9.20. The van der Waals surface area contributed by atoms with Crippen molar-refractivity contribution in [2.24, 2.45) is 0 Å². The maximum Gasteiger partial charge on any atom is 0.0601 e. The van der Waals surface area contributed by atoms with E-state index in [1.165, 1.54) is 5.56 Å². The number of rotatable bonds is 6. The van der Waals surface area contributed by atoms with E-state index >= 15 is 0 Å². The van der Waals surface area contributed by atoms with Gasteiger partial charge in [0.05, 0.1) is 6.61 Å². The largest absolute Gasteiger partial charge is 0.395 e. The summed E-state index contributed by atoms with van der Waals surface area (Å²) in [6, 6.07) is 10.6. The highest BCUT2D eigenvalue weighted by Crippen LogP contribution is 2.02. The predicted octanol–water partition coefficient (Wildman–Crippen LogP) is 1.09. The molecule has 1 aromatic carbocycles. The Hall–Kier alpha value is -0.900. The maximum atomic E-state index is 9.20. The Kier molecular flexibility index (Phi) is 5.32. The fourth-order valence-corrected chi connectivity index (χ4v) is 1.34. The van der Waals surface area contributed by atoms with Crippen molar-refractivity contribution >= 4 is 0 Å². The normalized spacial score (nSPS) is 13.1. The highest BCUT2D eigenvalue weighted by atomic mass is 16.3. The van der Waals surface area contributed by atoms with Crippen molar-refractivity contribution in [1.82, 2.24) is 10.9 Å². The Morgan fingerprint density at radius 2 is 1.80 bits per heavy atom. The van der Waals surface area contributed by atoms with Crippen molar-refractivity contribution in [3.05, 3.63) is 35.9 Å². The van der Waals surface area contributed by atoms with Crippen molar-refractivity contribution in [2.45, 2.75) is 32.4 Å². The lowest BCUT2D eigenvalue weighted by Gasteiger charge is -2.18. The summed E-state index contributed by atoms with van der Waals surface area (Å²) in [6.07, 6.45) is 0.830. The second-order valence-electron chi connectivity index (χ2n) is 4.01. The van der Waals surface area contributed by atoms with Gasteiger partial charge in [-0.3, -0.25) is 10.9 Å². The smallest absolute Gasteiger partial charge is 0.0601 e. The fraction of sp³-hybridized carbons (Fsp3) is 0.500. The van der Waals surface area contributed by atoms with E-state index in [1.54, 1.807) is 0 Å². The molecule has 0 bridgehead atoms. The summed E-state index contributed by atoms with van der Waals surface area (Å²) in [5.41, 5.74) is 7.46. The summed E-state index contributed by atoms with van der Waals surface area (Å²) in [5, 5.41) is 9.20. The van der Waals surface area contributed by atoms with Crippen LogP contribution in [0.1, 0.15) is 19.4 Å². The number of benzene rings is 1. The first-order chi connectivity index (χ1) is 7.22. The second kappa shape index (κ2) is 6.56. The van der Waals surface area contributed by atoms with Crippen molar-refractivity contribution in [1.29, 1.82) is 0 Å². The van der Waals surface area contributed by atoms with Crippen LogP contribution in [-0.4, -0.2) is 23.8 Å². The Morgan fingerprint density at radius 1 is 1.13 bits per heavy atom. The Balaban J connectivity index is 2.40. The van der Waals surface area contributed by atoms with Crippen LogP contribution in [0.15, 0.2) is 30.3 Å². The molecule has 0 aromatic heterocycles. The van der Waals surface area contributed by atoms with Crippen molar-refractivity contribution in [3.8, 4) is 0 Å². The fourth-order valence-electron chi connectivity index (χ4n) is 1.34. The molecule has 1 atom stereocenters. The van der Waals surface area contributed by atoms with E-state index in [4.69, 9.17) is 0 Å². The first-order valence-electron chi connectivity index (χ1n) is 5.38. The van der Waals surface area contributed by atoms with Crippen LogP contribution in [0.3, 0.4) is 0 Å². The van der Waals surface area contributed by atoms with E-state index in [0.29, 0.717) is 6.04 Å². The third-order valence-electron chi connectivity index (χ3n) is 2.12. The van der Waals surface area contributed by atoms with Gasteiger partial charge in [-0.25, -0.2) is 0 Å². The van der Waals surface area contributed by atoms with Crippen LogP contribution in [0.5, 0.6) is 0 Å². The van der Waals surface area contributed by atoms with Gasteiger partial charge in [-0.1, -0.05) is 30.3 Å². The van der Waals surface area contributed by atoms with Crippen LogP contribution >= 0.6 is 0 Å². The van der Waals surface area contributed by atoms with Gasteiger partial charge in [-0.15, -0.1) is 0 Å². The van der Waals surface area contributed by atoms with Gasteiger partial charge in [0, 0.05) is 12.1 Å². The second-order valence-corrected chi connectivity index (χ2v) is 4.01. The summed E-state index contributed by atoms with van der Waals surface area (Å²) in [5.74, 6) is 0.